The highest BCUT2D eigenvalue weighted by Gasteiger charge is 2.17. The van der Waals surface area contributed by atoms with Crippen molar-refractivity contribution in [1.82, 2.24) is 10.3 Å². The molecule has 4 heteroatoms. The average molecular weight is 252 g/mol. The average Bonchev–Trinajstić information content (AvgIpc) is 2.91. The maximum Gasteiger partial charge on any atom is 0.115 e. The molecule has 0 aliphatic rings. The molecule has 16 heavy (non-hydrogen) atoms. The molecular formula is C12H16N2S2. The Balaban J connectivity index is 2.21. The summed E-state index contributed by atoms with van der Waals surface area (Å²) < 4.78 is 0. The van der Waals surface area contributed by atoms with Crippen LogP contribution in [0.5, 0.6) is 0 Å². The SMILES string of the molecule is CCCNC(c1ccc(C)s1)c1nccs1. The molecule has 0 aromatic carbocycles. The molecule has 0 amide bonds. The summed E-state index contributed by atoms with van der Waals surface area (Å²) in [6.07, 6.45) is 3.02. The van der Waals surface area contributed by atoms with Crippen LogP contribution in [0.2, 0.25) is 0 Å². The van der Waals surface area contributed by atoms with Gasteiger partial charge in [0.2, 0.25) is 0 Å². The summed E-state index contributed by atoms with van der Waals surface area (Å²) in [5.41, 5.74) is 0. The topological polar surface area (TPSA) is 24.9 Å². The molecule has 2 nitrogen and oxygen atoms in total. The minimum absolute atomic E-state index is 0.277. The minimum atomic E-state index is 0.277. The molecule has 1 N–H and O–H groups in total. The molecule has 1 unspecified atom stereocenters. The summed E-state index contributed by atoms with van der Waals surface area (Å²) in [7, 11) is 0. The van der Waals surface area contributed by atoms with Gasteiger partial charge < -0.3 is 5.32 Å². The second kappa shape index (κ2) is 5.57. The van der Waals surface area contributed by atoms with E-state index in [0.717, 1.165) is 18.0 Å². The molecule has 0 fully saturated rings. The lowest BCUT2D eigenvalue weighted by molar-refractivity contribution is 0.603. The third kappa shape index (κ3) is 2.70. The van der Waals surface area contributed by atoms with Crippen LogP contribution in [0, 0.1) is 6.92 Å². The van der Waals surface area contributed by atoms with Gasteiger partial charge in [0.25, 0.3) is 0 Å². The molecule has 0 bridgehead atoms. The molecule has 1 atom stereocenters. The second-order valence-electron chi connectivity index (χ2n) is 3.71. The van der Waals surface area contributed by atoms with E-state index >= 15 is 0 Å². The van der Waals surface area contributed by atoms with Crippen molar-refractivity contribution in [2.24, 2.45) is 0 Å². The van der Waals surface area contributed by atoms with Crippen molar-refractivity contribution < 1.29 is 0 Å². The number of aromatic nitrogens is 1. The van der Waals surface area contributed by atoms with Crippen molar-refractivity contribution >= 4 is 22.7 Å². The Bertz CT molecular complexity index is 420. The Morgan fingerprint density at radius 1 is 1.44 bits per heavy atom. The number of rotatable bonds is 5. The highest BCUT2D eigenvalue weighted by atomic mass is 32.1. The molecule has 0 saturated heterocycles. The fourth-order valence-electron chi connectivity index (χ4n) is 1.58. The fraction of sp³-hybridized carbons (Fsp3) is 0.417. The van der Waals surface area contributed by atoms with Crippen molar-refractivity contribution in [2.45, 2.75) is 26.3 Å². The van der Waals surface area contributed by atoms with Crippen LogP contribution in [-0.4, -0.2) is 11.5 Å². The number of thiazole rings is 1. The summed E-state index contributed by atoms with van der Waals surface area (Å²) in [5, 5.41) is 6.76. The quantitative estimate of drug-likeness (QED) is 0.879. The molecule has 86 valence electrons. The van der Waals surface area contributed by atoms with Crippen molar-refractivity contribution in [2.75, 3.05) is 6.54 Å². The summed E-state index contributed by atoms with van der Waals surface area (Å²) >= 11 is 3.57. The third-order valence-electron chi connectivity index (χ3n) is 2.34. The maximum atomic E-state index is 4.42. The van der Waals surface area contributed by atoms with Crippen molar-refractivity contribution in [1.29, 1.82) is 0 Å². The molecule has 2 heterocycles. The first kappa shape index (κ1) is 11.8. The number of thiophene rings is 1. The van der Waals surface area contributed by atoms with Gasteiger partial charge in [-0.3, -0.25) is 0 Å². The van der Waals surface area contributed by atoms with E-state index in [1.807, 2.05) is 22.9 Å². The van der Waals surface area contributed by atoms with Crippen LogP contribution >= 0.6 is 22.7 Å². The van der Waals surface area contributed by atoms with E-state index in [2.05, 4.69) is 36.3 Å². The van der Waals surface area contributed by atoms with Gasteiger partial charge in [-0.15, -0.1) is 22.7 Å². The Hall–Kier alpha value is -0.710. The largest absolute Gasteiger partial charge is 0.304 e. The summed E-state index contributed by atoms with van der Waals surface area (Å²) in [4.78, 5) is 7.14. The lowest BCUT2D eigenvalue weighted by Crippen LogP contribution is -2.22. The van der Waals surface area contributed by atoms with Crippen LogP contribution in [0.1, 0.15) is 34.1 Å². The van der Waals surface area contributed by atoms with Crippen molar-refractivity contribution in [3.63, 3.8) is 0 Å². The number of aryl methyl sites for hydroxylation is 1. The smallest absolute Gasteiger partial charge is 0.115 e. The Morgan fingerprint density at radius 3 is 2.88 bits per heavy atom. The van der Waals surface area contributed by atoms with Gasteiger partial charge in [0.15, 0.2) is 0 Å². The number of nitrogens with zero attached hydrogens (tertiary/aromatic N) is 1. The van der Waals surface area contributed by atoms with Gasteiger partial charge in [-0.1, -0.05) is 6.92 Å². The predicted molar refractivity (Wildman–Crippen MR) is 71.3 cm³/mol. The minimum Gasteiger partial charge on any atom is -0.304 e. The van der Waals surface area contributed by atoms with Gasteiger partial charge in [0.05, 0.1) is 6.04 Å². The molecule has 0 aliphatic carbocycles. The zero-order valence-corrected chi connectivity index (χ0v) is 11.2. The highest BCUT2D eigenvalue weighted by Crippen LogP contribution is 2.29. The van der Waals surface area contributed by atoms with E-state index in [1.165, 1.54) is 9.75 Å². The standard InChI is InChI=1S/C12H16N2S2/c1-3-6-13-11(12-14-7-8-15-12)10-5-4-9(2)16-10/h4-5,7-8,11,13H,3,6H2,1-2H3. The van der Waals surface area contributed by atoms with E-state index in [4.69, 9.17) is 0 Å². The zero-order valence-electron chi connectivity index (χ0n) is 9.56. The molecule has 0 spiro atoms. The van der Waals surface area contributed by atoms with Crippen molar-refractivity contribution in [3.8, 4) is 0 Å². The van der Waals surface area contributed by atoms with Gasteiger partial charge in [0.1, 0.15) is 5.01 Å². The van der Waals surface area contributed by atoms with Crippen LogP contribution in [-0.2, 0) is 0 Å². The fourth-order valence-corrected chi connectivity index (χ4v) is 3.34. The zero-order chi connectivity index (χ0) is 11.4. The Kier molecular flexibility index (Phi) is 4.09. The van der Waals surface area contributed by atoms with Crippen LogP contribution < -0.4 is 5.32 Å². The Labute approximate surface area is 104 Å². The molecule has 2 aromatic rings. The van der Waals surface area contributed by atoms with Gasteiger partial charge >= 0.3 is 0 Å². The highest BCUT2D eigenvalue weighted by molar-refractivity contribution is 7.12. The second-order valence-corrected chi connectivity index (χ2v) is 5.95. The molecular weight excluding hydrogens is 236 g/mol. The van der Waals surface area contributed by atoms with E-state index < -0.39 is 0 Å². The number of nitrogens with one attached hydrogen (secondary N) is 1. The molecule has 0 aliphatic heterocycles. The number of hydrogen-bond acceptors (Lipinski definition) is 4. The van der Waals surface area contributed by atoms with Crippen LogP contribution in [0.3, 0.4) is 0 Å². The summed E-state index contributed by atoms with van der Waals surface area (Å²) in [5.74, 6) is 0. The van der Waals surface area contributed by atoms with Gasteiger partial charge in [-0.25, -0.2) is 4.98 Å². The van der Waals surface area contributed by atoms with Crippen molar-refractivity contribution in [3.05, 3.63) is 38.5 Å². The third-order valence-corrected chi connectivity index (χ3v) is 4.25. The van der Waals surface area contributed by atoms with Gasteiger partial charge in [-0.05, 0) is 32.0 Å². The maximum absolute atomic E-state index is 4.42. The lowest BCUT2D eigenvalue weighted by Gasteiger charge is -2.14. The van der Waals surface area contributed by atoms with Crippen LogP contribution in [0.25, 0.3) is 0 Å². The normalized spacial score (nSPS) is 12.9. The van der Waals surface area contributed by atoms with Gasteiger partial charge in [0, 0.05) is 21.3 Å². The van der Waals surface area contributed by atoms with E-state index in [9.17, 15) is 0 Å². The molecule has 0 saturated carbocycles. The predicted octanol–water partition coefficient (Wildman–Crippen LogP) is 3.60. The van der Waals surface area contributed by atoms with Crippen LogP contribution in [0.15, 0.2) is 23.7 Å². The van der Waals surface area contributed by atoms with E-state index in [0.29, 0.717) is 0 Å². The van der Waals surface area contributed by atoms with Gasteiger partial charge in [-0.2, -0.15) is 0 Å². The van der Waals surface area contributed by atoms with E-state index in [1.54, 1.807) is 11.3 Å². The number of hydrogen-bond donors (Lipinski definition) is 1. The summed E-state index contributed by atoms with van der Waals surface area (Å²) in [6.45, 7) is 5.36. The molecule has 2 rings (SSSR count). The first-order chi connectivity index (χ1) is 7.81. The molecule has 0 radical (unpaired) electrons. The van der Waals surface area contributed by atoms with E-state index in [-0.39, 0.29) is 6.04 Å². The van der Waals surface area contributed by atoms with Crippen LogP contribution in [0.4, 0.5) is 0 Å². The summed E-state index contributed by atoms with van der Waals surface area (Å²) in [6, 6.07) is 4.65. The molecule has 2 aromatic heterocycles. The first-order valence-corrected chi connectivity index (χ1v) is 7.20. The Morgan fingerprint density at radius 2 is 2.31 bits per heavy atom. The lowest BCUT2D eigenvalue weighted by atomic mass is 10.2. The monoisotopic (exact) mass is 252 g/mol. The first-order valence-electron chi connectivity index (χ1n) is 5.50.